The van der Waals surface area contributed by atoms with Crippen LogP contribution in [0.1, 0.15) is 18.4 Å². The van der Waals surface area contributed by atoms with E-state index in [1.165, 1.54) is 0 Å². The van der Waals surface area contributed by atoms with Gasteiger partial charge in [0.1, 0.15) is 12.2 Å². The van der Waals surface area contributed by atoms with Crippen molar-refractivity contribution >= 4 is 29.9 Å². The fourth-order valence-corrected chi connectivity index (χ4v) is 1.93. The van der Waals surface area contributed by atoms with Gasteiger partial charge in [0.05, 0.1) is 12.2 Å². The van der Waals surface area contributed by atoms with Crippen LogP contribution < -0.4 is 10.6 Å². The Bertz CT molecular complexity index is 568. The maximum absolute atomic E-state index is 4.26. The number of hydrogen-bond acceptors (Lipinski definition) is 4. The van der Waals surface area contributed by atoms with Crippen molar-refractivity contribution in [1.82, 2.24) is 30.4 Å². The molecule has 0 atom stereocenters. The van der Waals surface area contributed by atoms with Gasteiger partial charge in [0.25, 0.3) is 0 Å². The first-order chi connectivity index (χ1) is 10.3. The van der Waals surface area contributed by atoms with Crippen molar-refractivity contribution < 1.29 is 0 Å². The molecular formula is C14H22IN7. The molecular weight excluding hydrogens is 393 g/mol. The molecule has 2 aromatic rings. The van der Waals surface area contributed by atoms with Gasteiger partial charge in [-0.25, -0.2) is 0 Å². The summed E-state index contributed by atoms with van der Waals surface area (Å²) in [4.78, 5) is 8.45. The highest BCUT2D eigenvalue weighted by molar-refractivity contribution is 14.0. The van der Waals surface area contributed by atoms with E-state index in [1.54, 1.807) is 19.6 Å². The average molecular weight is 415 g/mol. The minimum atomic E-state index is 0. The molecule has 0 aliphatic rings. The van der Waals surface area contributed by atoms with E-state index in [9.17, 15) is 0 Å². The Morgan fingerprint density at radius 3 is 2.86 bits per heavy atom. The lowest BCUT2D eigenvalue weighted by Gasteiger charge is -2.12. The summed E-state index contributed by atoms with van der Waals surface area (Å²) in [5.74, 6) is 1.75. The molecule has 0 aliphatic heterocycles. The third kappa shape index (κ3) is 5.58. The molecule has 2 N–H and O–H groups in total. The fourth-order valence-electron chi connectivity index (χ4n) is 1.93. The van der Waals surface area contributed by atoms with Crippen molar-refractivity contribution in [3.8, 4) is 0 Å². The fraction of sp³-hybridized carbons (Fsp3) is 0.429. The zero-order valence-electron chi connectivity index (χ0n) is 12.9. The lowest BCUT2D eigenvalue weighted by Crippen LogP contribution is -2.38. The lowest BCUT2D eigenvalue weighted by atomic mass is 10.3. The van der Waals surface area contributed by atoms with Crippen LogP contribution in [-0.4, -0.2) is 39.3 Å². The van der Waals surface area contributed by atoms with E-state index in [2.05, 4.69) is 37.7 Å². The second-order valence-electron chi connectivity index (χ2n) is 4.47. The molecule has 0 bridgehead atoms. The van der Waals surface area contributed by atoms with Gasteiger partial charge in [-0.1, -0.05) is 13.0 Å². The molecule has 0 amide bonds. The molecule has 0 spiro atoms. The lowest BCUT2D eigenvalue weighted by molar-refractivity contribution is 0.632. The molecule has 0 saturated heterocycles. The monoisotopic (exact) mass is 415 g/mol. The second kappa shape index (κ2) is 10.1. The van der Waals surface area contributed by atoms with Crippen molar-refractivity contribution in [2.75, 3.05) is 13.6 Å². The van der Waals surface area contributed by atoms with Crippen LogP contribution in [0.15, 0.2) is 35.7 Å². The molecule has 0 radical (unpaired) electrons. The van der Waals surface area contributed by atoms with Gasteiger partial charge in [-0.05, 0) is 12.1 Å². The average Bonchev–Trinajstić information content (AvgIpc) is 2.99. The van der Waals surface area contributed by atoms with Crippen LogP contribution in [0.5, 0.6) is 0 Å². The van der Waals surface area contributed by atoms with E-state index in [0.717, 1.165) is 37.0 Å². The Kier molecular flexibility index (Phi) is 8.41. The predicted octanol–water partition coefficient (Wildman–Crippen LogP) is 1.22. The summed E-state index contributed by atoms with van der Waals surface area (Å²) in [7, 11) is 1.75. The quantitative estimate of drug-likeness (QED) is 0.422. The summed E-state index contributed by atoms with van der Waals surface area (Å²) in [5, 5.41) is 14.5. The van der Waals surface area contributed by atoms with E-state index in [0.29, 0.717) is 6.54 Å². The maximum Gasteiger partial charge on any atom is 0.191 e. The number of halogens is 1. The Morgan fingerprint density at radius 2 is 2.18 bits per heavy atom. The Balaban J connectivity index is 0.00000242. The Labute approximate surface area is 147 Å². The van der Waals surface area contributed by atoms with Gasteiger partial charge >= 0.3 is 0 Å². The maximum atomic E-state index is 4.26. The number of aryl methyl sites for hydroxylation is 1. The molecule has 120 valence electrons. The van der Waals surface area contributed by atoms with Gasteiger partial charge < -0.3 is 15.2 Å². The number of nitrogens with one attached hydrogen (secondary N) is 2. The van der Waals surface area contributed by atoms with E-state index < -0.39 is 0 Å². The number of aliphatic imine (C=N–C) groups is 1. The van der Waals surface area contributed by atoms with Crippen molar-refractivity contribution in [2.45, 2.75) is 26.4 Å². The molecule has 0 fully saturated rings. The number of aromatic nitrogens is 4. The van der Waals surface area contributed by atoms with Gasteiger partial charge in [-0.2, -0.15) is 0 Å². The van der Waals surface area contributed by atoms with Crippen molar-refractivity contribution in [2.24, 2.45) is 4.99 Å². The third-order valence-electron chi connectivity index (χ3n) is 3.04. The molecule has 0 unspecified atom stereocenters. The van der Waals surface area contributed by atoms with E-state index in [4.69, 9.17) is 0 Å². The summed E-state index contributed by atoms with van der Waals surface area (Å²) in [6, 6.07) is 5.85. The van der Waals surface area contributed by atoms with Crippen LogP contribution in [0.3, 0.4) is 0 Å². The summed E-state index contributed by atoms with van der Waals surface area (Å²) >= 11 is 0. The van der Waals surface area contributed by atoms with Crippen LogP contribution in [0, 0.1) is 0 Å². The van der Waals surface area contributed by atoms with Gasteiger partial charge in [-0.3, -0.25) is 9.98 Å². The SMILES string of the molecule is CCc1nncn1CCNC(=NC)NCc1ccccn1.I. The highest BCUT2D eigenvalue weighted by Crippen LogP contribution is 1.95. The molecule has 2 aromatic heterocycles. The van der Waals surface area contributed by atoms with Gasteiger partial charge in [0.15, 0.2) is 5.96 Å². The Morgan fingerprint density at radius 1 is 1.32 bits per heavy atom. The van der Waals surface area contributed by atoms with Crippen LogP contribution in [0.25, 0.3) is 0 Å². The predicted molar refractivity (Wildman–Crippen MR) is 97.3 cm³/mol. The zero-order chi connectivity index (χ0) is 14.9. The van der Waals surface area contributed by atoms with Crippen molar-refractivity contribution in [3.63, 3.8) is 0 Å². The summed E-state index contributed by atoms with van der Waals surface area (Å²) in [6.07, 6.45) is 4.42. The van der Waals surface area contributed by atoms with Crippen LogP contribution >= 0.6 is 24.0 Å². The van der Waals surface area contributed by atoms with E-state index in [-0.39, 0.29) is 24.0 Å². The van der Waals surface area contributed by atoms with Gasteiger partial charge in [0, 0.05) is 32.8 Å². The van der Waals surface area contributed by atoms with Gasteiger partial charge in [-0.15, -0.1) is 34.2 Å². The first-order valence-electron chi connectivity index (χ1n) is 7.04. The minimum Gasteiger partial charge on any atom is -0.355 e. The normalized spacial score (nSPS) is 10.9. The molecule has 2 rings (SSSR count). The van der Waals surface area contributed by atoms with E-state index >= 15 is 0 Å². The van der Waals surface area contributed by atoms with Crippen molar-refractivity contribution in [1.29, 1.82) is 0 Å². The molecule has 2 heterocycles. The molecule has 8 heteroatoms. The Hall–Kier alpha value is -1.71. The van der Waals surface area contributed by atoms with E-state index in [1.807, 2.05) is 22.8 Å². The molecule has 0 aromatic carbocycles. The van der Waals surface area contributed by atoms with Crippen molar-refractivity contribution in [3.05, 3.63) is 42.2 Å². The summed E-state index contributed by atoms with van der Waals surface area (Å²) in [5.41, 5.74) is 0.979. The summed E-state index contributed by atoms with van der Waals surface area (Å²) < 4.78 is 2.04. The summed E-state index contributed by atoms with van der Waals surface area (Å²) in [6.45, 7) is 4.28. The molecule has 22 heavy (non-hydrogen) atoms. The molecule has 0 saturated carbocycles. The second-order valence-corrected chi connectivity index (χ2v) is 4.47. The number of guanidine groups is 1. The highest BCUT2D eigenvalue weighted by Gasteiger charge is 2.02. The molecule has 7 nitrogen and oxygen atoms in total. The third-order valence-corrected chi connectivity index (χ3v) is 3.04. The highest BCUT2D eigenvalue weighted by atomic mass is 127. The number of pyridine rings is 1. The first kappa shape index (κ1) is 18.3. The van der Waals surface area contributed by atoms with Gasteiger partial charge in [0.2, 0.25) is 0 Å². The van der Waals surface area contributed by atoms with Crippen LogP contribution in [0.4, 0.5) is 0 Å². The largest absolute Gasteiger partial charge is 0.355 e. The standard InChI is InChI=1S/C14H21N7.HI/c1-3-13-20-19-11-21(13)9-8-17-14(15-2)18-10-12-6-4-5-7-16-12;/h4-7,11H,3,8-10H2,1-2H3,(H2,15,17,18);1H. The number of nitrogens with zero attached hydrogens (tertiary/aromatic N) is 5. The number of rotatable bonds is 6. The smallest absolute Gasteiger partial charge is 0.191 e. The van der Waals surface area contributed by atoms with Crippen LogP contribution in [-0.2, 0) is 19.5 Å². The molecule has 0 aliphatic carbocycles. The number of hydrogen-bond donors (Lipinski definition) is 2. The van der Waals surface area contributed by atoms with Crippen LogP contribution in [0.2, 0.25) is 0 Å². The first-order valence-corrected chi connectivity index (χ1v) is 7.04. The topological polar surface area (TPSA) is 80.0 Å². The zero-order valence-corrected chi connectivity index (χ0v) is 15.2. The minimum absolute atomic E-state index is 0.